The Morgan fingerprint density at radius 1 is 1.11 bits per heavy atom. The summed E-state index contributed by atoms with van der Waals surface area (Å²) >= 11 is 0. The standard InChI is InChI=1S/C24H24N2O2/c1-3-4-5-6-7-16-28-22-12-8-11-21(18-22)26(2)24(27)20-13-14-23-19(17-20)10-9-15-25-23/h8-15,17-18H,5-7,16H2,1-2H3. The lowest BCUT2D eigenvalue weighted by molar-refractivity contribution is 0.0993. The van der Waals surface area contributed by atoms with Crippen LogP contribution in [0.2, 0.25) is 0 Å². The van der Waals surface area contributed by atoms with E-state index in [4.69, 9.17) is 4.74 Å². The lowest BCUT2D eigenvalue weighted by Gasteiger charge is -2.18. The second-order valence-corrected chi connectivity index (χ2v) is 6.50. The molecule has 4 nitrogen and oxygen atoms in total. The molecule has 3 rings (SSSR count). The number of rotatable bonds is 7. The first-order chi connectivity index (χ1) is 13.7. The Hall–Kier alpha value is -3.32. The van der Waals surface area contributed by atoms with Gasteiger partial charge in [0.25, 0.3) is 5.91 Å². The molecular formula is C24H24N2O2. The number of benzene rings is 2. The van der Waals surface area contributed by atoms with Gasteiger partial charge in [0.1, 0.15) is 5.75 Å². The molecule has 28 heavy (non-hydrogen) atoms. The topological polar surface area (TPSA) is 42.4 Å². The van der Waals surface area contributed by atoms with Crippen molar-refractivity contribution in [2.45, 2.75) is 26.2 Å². The largest absolute Gasteiger partial charge is 0.494 e. The maximum Gasteiger partial charge on any atom is 0.258 e. The van der Waals surface area contributed by atoms with Gasteiger partial charge in [-0.25, -0.2) is 0 Å². The summed E-state index contributed by atoms with van der Waals surface area (Å²) in [6.07, 6.45) is 4.63. The van der Waals surface area contributed by atoms with Gasteiger partial charge >= 0.3 is 0 Å². The van der Waals surface area contributed by atoms with Gasteiger partial charge in [-0.1, -0.05) is 12.1 Å². The van der Waals surface area contributed by atoms with Crippen molar-refractivity contribution < 1.29 is 9.53 Å². The molecule has 4 heteroatoms. The van der Waals surface area contributed by atoms with Crippen molar-refractivity contribution in [3.8, 4) is 17.6 Å². The third-order valence-electron chi connectivity index (χ3n) is 4.50. The summed E-state index contributed by atoms with van der Waals surface area (Å²) in [6, 6.07) is 17.0. The minimum absolute atomic E-state index is 0.0685. The number of unbranched alkanes of at least 4 members (excludes halogenated alkanes) is 2. The highest BCUT2D eigenvalue weighted by Gasteiger charge is 2.14. The third-order valence-corrected chi connectivity index (χ3v) is 4.50. The van der Waals surface area contributed by atoms with E-state index in [9.17, 15) is 4.79 Å². The van der Waals surface area contributed by atoms with Gasteiger partial charge in [0, 0.05) is 42.4 Å². The molecule has 0 saturated carbocycles. The van der Waals surface area contributed by atoms with Gasteiger partial charge in [-0.05, 0) is 56.2 Å². The van der Waals surface area contributed by atoms with Gasteiger partial charge in [-0.2, -0.15) is 0 Å². The van der Waals surface area contributed by atoms with E-state index < -0.39 is 0 Å². The number of fused-ring (bicyclic) bond motifs is 1. The van der Waals surface area contributed by atoms with Gasteiger partial charge in [-0.3, -0.25) is 9.78 Å². The molecule has 0 bridgehead atoms. The highest BCUT2D eigenvalue weighted by molar-refractivity contribution is 6.07. The Morgan fingerprint density at radius 2 is 2.00 bits per heavy atom. The number of aromatic nitrogens is 1. The Balaban J connectivity index is 1.66. The first kappa shape index (κ1) is 19.4. The van der Waals surface area contributed by atoms with Crippen LogP contribution in [0.15, 0.2) is 60.8 Å². The van der Waals surface area contributed by atoms with E-state index in [-0.39, 0.29) is 5.91 Å². The van der Waals surface area contributed by atoms with E-state index in [2.05, 4.69) is 16.8 Å². The fourth-order valence-electron chi connectivity index (χ4n) is 2.93. The number of pyridine rings is 1. The third kappa shape index (κ3) is 4.89. The van der Waals surface area contributed by atoms with E-state index in [1.807, 2.05) is 61.5 Å². The first-order valence-electron chi connectivity index (χ1n) is 9.44. The quantitative estimate of drug-likeness (QED) is 0.429. The van der Waals surface area contributed by atoms with Gasteiger partial charge < -0.3 is 9.64 Å². The normalized spacial score (nSPS) is 10.2. The van der Waals surface area contributed by atoms with Gasteiger partial charge in [0.15, 0.2) is 0 Å². The summed E-state index contributed by atoms with van der Waals surface area (Å²) in [6.45, 7) is 2.50. The highest BCUT2D eigenvalue weighted by Crippen LogP contribution is 2.23. The van der Waals surface area contributed by atoms with Crippen LogP contribution in [0, 0.1) is 11.8 Å². The molecule has 1 heterocycles. The molecule has 0 fully saturated rings. The van der Waals surface area contributed by atoms with E-state index in [0.717, 1.165) is 41.6 Å². The summed E-state index contributed by atoms with van der Waals surface area (Å²) in [5.74, 6) is 6.65. The fourth-order valence-corrected chi connectivity index (χ4v) is 2.93. The summed E-state index contributed by atoms with van der Waals surface area (Å²) < 4.78 is 5.83. The summed E-state index contributed by atoms with van der Waals surface area (Å²) in [5.41, 5.74) is 2.30. The van der Waals surface area contributed by atoms with Crippen molar-refractivity contribution in [2.24, 2.45) is 0 Å². The van der Waals surface area contributed by atoms with Crippen LogP contribution < -0.4 is 9.64 Å². The van der Waals surface area contributed by atoms with Crippen molar-refractivity contribution in [1.29, 1.82) is 0 Å². The van der Waals surface area contributed by atoms with Crippen LogP contribution in [0.5, 0.6) is 5.75 Å². The van der Waals surface area contributed by atoms with E-state index in [1.54, 1.807) is 18.1 Å². The number of nitrogens with zero attached hydrogens (tertiary/aromatic N) is 2. The molecule has 0 aliphatic rings. The number of hydrogen-bond donors (Lipinski definition) is 0. The van der Waals surface area contributed by atoms with Gasteiger partial charge in [-0.15, -0.1) is 11.8 Å². The lowest BCUT2D eigenvalue weighted by atomic mass is 10.1. The summed E-state index contributed by atoms with van der Waals surface area (Å²) in [7, 11) is 1.78. The lowest BCUT2D eigenvalue weighted by Crippen LogP contribution is -2.26. The average molecular weight is 372 g/mol. The molecule has 142 valence electrons. The van der Waals surface area contributed by atoms with Crippen molar-refractivity contribution in [3.05, 3.63) is 66.4 Å². The molecule has 0 aliphatic carbocycles. The molecule has 0 spiro atoms. The van der Waals surface area contributed by atoms with Crippen molar-refractivity contribution in [3.63, 3.8) is 0 Å². The molecule has 1 aromatic heterocycles. The molecular weight excluding hydrogens is 348 g/mol. The van der Waals surface area contributed by atoms with Crippen LogP contribution in [0.3, 0.4) is 0 Å². The zero-order chi connectivity index (χ0) is 19.8. The Labute approximate surface area is 166 Å². The monoisotopic (exact) mass is 372 g/mol. The molecule has 0 N–H and O–H groups in total. The smallest absolute Gasteiger partial charge is 0.258 e. The molecule has 0 radical (unpaired) electrons. The maximum atomic E-state index is 12.9. The molecule has 0 saturated heterocycles. The van der Waals surface area contributed by atoms with E-state index in [0.29, 0.717) is 12.2 Å². The predicted octanol–water partition coefficient (Wildman–Crippen LogP) is 5.08. The number of anilines is 1. The minimum Gasteiger partial charge on any atom is -0.494 e. The second kappa shape index (κ2) is 9.57. The average Bonchev–Trinajstić information content (AvgIpc) is 2.75. The predicted molar refractivity (Wildman–Crippen MR) is 114 cm³/mol. The minimum atomic E-state index is -0.0685. The summed E-state index contributed by atoms with van der Waals surface area (Å²) in [5, 5.41) is 0.951. The zero-order valence-electron chi connectivity index (χ0n) is 16.3. The molecule has 0 aliphatic heterocycles. The summed E-state index contributed by atoms with van der Waals surface area (Å²) in [4.78, 5) is 18.9. The van der Waals surface area contributed by atoms with Gasteiger partial charge in [0.05, 0.1) is 12.1 Å². The van der Waals surface area contributed by atoms with Crippen LogP contribution in [-0.2, 0) is 0 Å². The Bertz CT molecular complexity index is 1020. The Kier molecular flexibility index (Phi) is 6.64. The highest BCUT2D eigenvalue weighted by atomic mass is 16.5. The second-order valence-electron chi connectivity index (χ2n) is 6.50. The molecule has 0 unspecified atom stereocenters. The molecule has 3 aromatic rings. The zero-order valence-corrected chi connectivity index (χ0v) is 16.3. The van der Waals surface area contributed by atoms with Crippen LogP contribution in [0.4, 0.5) is 5.69 Å². The SMILES string of the molecule is CC#CCCCCOc1cccc(N(C)C(=O)c2ccc3ncccc3c2)c1. The van der Waals surface area contributed by atoms with Crippen LogP contribution in [0.1, 0.15) is 36.5 Å². The van der Waals surface area contributed by atoms with Crippen molar-refractivity contribution in [1.82, 2.24) is 4.98 Å². The van der Waals surface area contributed by atoms with Crippen molar-refractivity contribution in [2.75, 3.05) is 18.6 Å². The van der Waals surface area contributed by atoms with E-state index in [1.165, 1.54) is 0 Å². The molecule has 1 amide bonds. The van der Waals surface area contributed by atoms with Crippen LogP contribution in [0.25, 0.3) is 10.9 Å². The number of carbonyl (C=O) groups excluding carboxylic acids is 1. The fraction of sp³-hybridized carbons (Fsp3) is 0.250. The maximum absolute atomic E-state index is 12.9. The van der Waals surface area contributed by atoms with Crippen molar-refractivity contribution >= 4 is 22.5 Å². The first-order valence-corrected chi connectivity index (χ1v) is 9.44. The number of hydrogen-bond acceptors (Lipinski definition) is 3. The number of ether oxygens (including phenoxy) is 1. The molecule has 0 atom stereocenters. The number of amides is 1. The molecule has 2 aromatic carbocycles. The number of carbonyl (C=O) groups is 1. The van der Waals surface area contributed by atoms with E-state index >= 15 is 0 Å². The Morgan fingerprint density at radius 3 is 2.86 bits per heavy atom. The van der Waals surface area contributed by atoms with Crippen LogP contribution in [-0.4, -0.2) is 24.5 Å². The van der Waals surface area contributed by atoms with Gasteiger partial charge in [0.2, 0.25) is 0 Å². The van der Waals surface area contributed by atoms with Crippen LogP contribution >= 0.6 is 0 Å².